The van der Waals surface area contributed by atoms with Crippen LogP contribution in [0.4, 0.5) is 4.79 Å². The summed E-state index contributed by atoms with van der Waals surface area (Å²) in [5.41, 5.74) is 5.24. The summed E-state index contributed by atoms with van der Waals surface area (Å²) in [7, 11) is 0. The van der Waals surface area contributed by atoms with Gasteiger partial charge in [-0.05, 0) is 25.5 Å². The first kappa shape index (κ1) is 14.1. The molecule has 1 aliphatic heterocycles. The van der Waals surface area contributed by atoms with Crippen molar-refractivity contribution < 1.29 is 9.59 Å². The number of carbonyl (C=O) groups excluding carboxylic acids is 2. The van der Waals surface area contributed by atoms with E-state index in [0.29, 0.717) is 23.8 Å². The van der Waals surface area contributed by atoms with E-state index in [2.05, 4.69) is 5.32 Å². The van der Waals surface area contributed by atoms with Crippen LogP contribution in [0.3, 0.4) is 0 Å². The van der Waals surface area contributed by atoms with Gasteiger partial charge in [0.05, 0.1) is 16.3 Å². The lowest BCUT2D eigenvalue weighted by atomic mass is 10.1. The highest BCUT2D eigenvalue weighted by Gasteiger charge is 2.30. The molecule has 0 spiro atoms. The standard InChI is InChI=1S/C12H16ClN3O2S/c1-7(9-2-3-10(13)19-9)15-12(18)16-5-4-8(6-16)11(14)17/h2-3,7-8H,4-6H2,1H3,(H2,14,17)(H,15,18)/t7-,8-/m1/s1. The van der Waals surface area contributed by atoms with E-state index >= 15 is 0 Å². The predicted molar refractivity (Wildman–Crippen MR) is 75.2 cm³/mol. The molecule has 19 heavy (non-hydrogen) atoms. The van der Waals surface area contributed by atoms with Gasteiger partial charge in [-0.2, -0.15) is 0 Å². The number of hydrogen-bond acceptors (Lipinski definition) is 3. The molecule has 0 saturated carbocycles. The number of primary amides is 1. The molecule has 0 aromatic carbocycles. The second kappa shape index (κ2) is 5.79. The summed E-state index contributed by atoms with van der Waals surface area (Å²) in [6.07, 6.45) is 0.641. The van der Waals surface area contributed by atoms with Crippen molar-refractivity contribution in [3.8, 4) is 0 Å². The van der Waals surface area contributed by atoms with Crippen molar-refractivity contribution in [2.24, 2.45) is 11.7 Å². The number of urea groups is 1. The molecule has 2 heterocycles. The summed E-state index contributed by atoms with van der Waals surface area (Å²) >= 11 is 7.31. The van der Waals surface area contributed by atoms with Crippen molar-refractivity contribution in [1.29, 1.82) is 0 Å². The number of amides is 3. The number of carbonyl (C=O) groups is 2. The summed E-state index contributed by atoms with van der Waals surface area (Å²) < 4.78 is 0.700. The van der Waals surface area contributed by atoms with E-state index in [9.17, 15) is 9.59 Å². The molecule has 1 aromatic heterocycles. The maximum atomic E-state index is 12.0. The van der Waals surface area contributed by atoms with Gasteiger partial charge in [0.25, 0.3) is 0 Å². The molecule has 3 N–H and O–H groups in total. The number of thiophene rings is 1. The van der Waals surface area contributed by atoms with E-state index in [1.165, 1.54) is 11.3 Å². The van der Waals surface area contributed by atoms with Crippen LogP contribution in [0.25, 0.3) is 0 Å². The maximum Gasteiger partial charge on any atom is 0.317 e. The average molecular weight is 302 g/mol. The molecule has 2 atom stereocenters. The minimum absolute atomic E-state index is 0.0994. The zero-order valence-corrected chi connectivity index (χ0v) is 12.1. The van der Waals surface area contributed by atoms with Crippen LogP contribution in [-0.4, -0.2) is 29.9 Å². The zero-order valence-electron chi connectivity index (χ0n) is 10.6. The van der Waals surface area contributed by atoms with Gasteiger partial charge in [-0.1, -0.05) is 11.6 Å². The Morgan fingerprint density at radius 2 is 2.32 bits per heavy atom. The van der Waals surface area contributed by atoms with Crippen molar-refractivity contribution in [1.82, 2.24) is 10.2 Å². The van der Waals surface area contributed by atoms with Gasteiger partial charge in [-0.25, -0.2) is 4.79 Å². The minimum atomic E-state index is -0.339. The van der Waals surface area contributed by atoms with Gasteiger partial charge >= 0.3 is 6.03 Å². The lowest BCUT2D eigenvalue weighted by molar-refractivity contribution is -0.121. The van der Waals surface area contributed by atoms with Crippen molar-refractivity contribution in [3.05, 3.63) is 21.3 Å². The Kier molecular flexibility index (Phi) is 4.31. The molecule has 3 amide bonds. The van der Waals surface area contributed by atoms with E-state index in [1.807, 2.05) is 19.1 Å². The summed E-state index contributed by atoms with van der Waals surface area (Å²) in [6, 6.07) is 3.44. The van der Waals surface area contributed by atoms with Crippen LogP contribution in [0.5, 0.6) is 0 Å². The third-order valence-corrected chi connectivity index (χ3v) is 4.65. The Labute approximate surface area is 120 Å². The fourth-order valence-corrected chi connectivity index (χ4v) is 3.15. The summed E-state index contributed by atoms with van der Waals surface area (Å²) in [5, 5.41) is 2.90. The van der Waals surface area contributed by atoms with Gasteiger partial charge in [-0.3, -0.25) is 4.79 Å². The number of nitrogens with one attached hydrogen (secondary N) is 1. The van der Waals surface area contributed by atoms with Crippen LogP contribution in [0.2, 0.25) is 4.34 Å². The van der Waals surface area contributed by atoms with Crippen molar-refractivity contribution in [3.63, 3.8) is 0 Å². The van der Waals surface area contributed by atoms with Crippen molar-refractivity contribution in [2.75, 3.05) is 13.1 Å². The minimum Gasteiger partial charge on any atom is -0.369 e. The van der Waals surface area contributed by atoms with E-state index in [4.69, 9.17) is 17.3 Å². The Morgan fingerprint density at radius 1 is 1.58 bits per heavy atom. The van der Waals surface area contributed by atoms with Crippen molar-refractivity contribution in [2.45, 2.75) is 19.4 Å². The molecule has 1 saturated heterocycles. The molecule has 1 aromatic rings. The lowest BCUT2D eigenvalue weighted by Crippen LogP contribution is -2.40. The molecule has 2 rings (SSSR count). The highest BCUT2D eigenvalue weighted by molar-refractivity contribution is 7.16. The van der Waals surface area contributed by atoms with E-state index in [0.717, 1.165) is 4.88 Å². The van der Waals surface area contributed by atoms with E-state index in [-0.39, 0.29) is 23.9 Å². The Bertz CT molecular complexity index is 491. The first-order chi connectivity index (χ1) is 8.97. The van der Waals surface area contributed by atoms with Gasteiger partial charge in [0, 0.05) is 18.0 Å². The van der Waals surface area contributed by atoms with Crippen LogP contribution in [0.15, 0.2) is 12.1 Å². The number of rotatable bonds is 3. The molecule has 0 aliphatic carbocycles. The molecule has 5 nitrogen and oxygen atoms in total. The highest BCUT2D eigenvalue weighted by atomic mass is 35.5. The number of nitrogens with zero attached hydrogens (tertiary/aromatic N) is 1. The second-order valence-electron chi connectivity index (χ2n) is 4.65. The first-order valence-corrected chi connectivity index (χ1v) is 7.27. The summed E-state index contributed by atoms with van der Waals surface area (Å²) in [5.74, 6) is -0.564. The van der Waals surface area contributed by atoms with Gasteiger partial charge in [0.15, 0.2) is 0 Å². The molecule has 0 unspecified atom stereocenters. The van der Waals surface area contributed by atoms with Crippen LogP contribution in [-0.2, 0) is 4.79 Å². The van der Waals surface area contributed by atoms with Crippen LogP contribution >= 0.6 is 22.9 Å². The maximum absolute atomic E-state index is 12.0. The van der Waals surface area contributed by atoms with Gasteiger partial charge in [0.1, 0.15) is 0 Å². The molecular formula is C12H16ClN3O2S. The normalized spacial score (nSPS) is 20.3. The van der Waals surface area contributed by atoms with Crippen molar-refractivity contribution >= 4 is 34.9 Å². The average Bonchev–Trinajstić information content (AvgIpc) is 2.96. The second-order valence-corrected chi connectivity index (χ2v) is 6.39. The number of nitrogens with two attached hydrogens (primary N) is 1. The fraction of sp³-hybridized carbons (Fsp3) is 0.500. The first-order valence-electron chi connectivity index (χ1n) is 6.07. The van der Waals surface area contributed by atoms with Crippen LogP contribution < -0.4 is 11.1 Å². The fourth-order valence-electron chi connectivity index (χ4n) is 2.09. The third-order valence-electron chi connectivity index (χ3n) is 3.24. The Hall–Kier alpha value is -1.27. The Morgan fingerprint density at radius 3 is 2.84 bits per heavy atom. The molecule has 0 bridgehead atoms. The summed E-state index contributed by atoms with van der Waals surface area (Å²) in [4.78, 5) is 25.7. The van der Waals surface area contributed by atoms with Crippen LogP contribution in [0.1, 0.15) is 24.3 Å². The van der Waals surface area contributed by atoms with Gasteiger partial charge < -0.3 is 16.0 Å². The van der Waals surface area contributed by atoms with E-state index in [1.54, 1.807) is 4.90 Å². The molecular weight excluding hydrogens is 286 g/mol. The highest BCUT2D eigenvalue weighted by Crippen LogP contribution is 2.27. The van der Waals surface area contributed by atoms with Gasteiger partial charge in [0.2, 0.25) is 5.91 Å². The SMILES string of the molecule is C[C@@H](NC(=O)N1CC[C@@H](C(N)=O)C1)c1ccc(Cl)s1. The molecule has 0 radical (unpaired) electrons. The molecule has 7 heteroatoms. The monoisotopic (exact) mass is 301 g/mol. The molecule has 104 valence electrons. The van der Waals surface area contributed by atoms with Crippen LogP contribution in [0, 0.1) is 5.92 Å². The predicted octanol–water partition coefficient (Wildman–Crippen LogP) is 1.98. The number of likely N-dealkylation sites (tertiary alicyclic amines) is 1. The van der Waals surface area contributed by atoms with Gasteiger partial charge in [-0.15, -0.1) is 11.3 Å². The quantitative estimate of drug-likeness (QED) is 0.895. The third kappa shape index (κ3) is 3.39. The zero-order chi connectivity index (χ0) is 14.0. The number of hydrogen-bond donors (Lipinski definition) is 2. The molecule has 1 fully saturated rings. The number of halogens is 1. The lowest BCUT2D eigenvalue weighted by Gasteiger charge is -2.20. The topological polar surface area (TPSA) is 75.4 Å². The molecule has 1 aliphatic rings. The summed E-state index contributed by atoms with van der Waals surface area (Å²) in [6.45, 7) is 2.87. The smallest absolute Gasteiger partial charge is 0.317 e. The van der Waals surface area contributed by atoms with E-state index < -0.39 is 0 Å². The Balaban J connectivity index is 1.89. The largest absolute Gasteiger partial charge is 0.369 e.